The number of guanidine groups is 1. The Morgan fingerprint density at radius 1 is 1.06 bits per heavy atom. The molecule has 0 spiro atoms. The van der Waals surface area contributed by atoms with E-state index in [1.54, 1.807) is 12.1 Å². The molecule has 3 rings (SSSR count). The quantitative estimate of drug-likeness (QED) is 0.184. The lowest BCUT2D eigenvalue weighted by atomic mass is 10.2. The topological polar surface area (TPSA) is 61.6 Å². The van der Waals surface area contributed by atoms with Gasteiger partial charge in [0.15, 0.2) is 11.8 Å². The Balaban J connectivity index is 0.00000385. The minimum Gasteiger partial charge on any atom is -0.375 e. The zero-order valence-electron chi connectivity index (χ0n) is 19.7. The zero-order valence-corrected chi connectivity index (χ0v) is 22.0. The SMILES string of the molecule is Cc1nnc(CN=C(NCCCN(C)c2ccccc2)N(C)Cc2ccc(F)cc2)n1C.I. The molecule has 3 aromatic rings. The molecule has 0 aliphatic heterocycles. The average Bonchev–Trinajstić information content (AvgIpc) is 3.12. The molecular weight excluding hydrogens is 532 g/mol. The van der Waals surface area contributed by atoms with Crippen LogP contribution in [0.2, 0.25) is 0 Å². The standard InChI is InChI=1S/C24H32FN7.HI/c1-19-28-29-23(32(19)4)17-27-24(31(3)18-20-11-13-21(25)14-12-20)26-15-8-16-30(2)22-9-6-5-7-10-22;/h5-7,9-14H,8,15-18H2,1-4H3,(H,26,27);1H. The van der Waals surface area contributed by atoms with E-state index in [2.05, 4.69) is 39.6 Å². The predicted octanol–water partition coefficient (Wildman–Crippen LogP) is 3.98. The smallest absolute Gasteiger partial charge is 0.194 e. The van der Waals surface area contributed by atoms with Crippen molar-refractivity contribution in [1.82, 2.24) is 25.0 Å². The average molecular weight is 565 g/mol. The number of para-hydroxylation sites is 1. The number of halogens is 2. The first kappa shape index (κ1) is 26.6. The van der Waals surface area contributed by atoms with Crippen molar-refractivity contribution in [2.45, 2.75) is 26.4 Å². The van der Waals surface area contributed by atoms with Crippen LogP contribution in [-0.4, -0.2) is 52.8 Å². The summed E-state index contributed by atoms with van der Waals surface area (Å²) in [7, 11) is 6.02. The van der Waals surface area contributed by atoms with Crippen molar-refractivity contribution in [3.05, 3.63) is 77.6 Å². The molecule has 178 valence electrons. The van der Waals surface area contributed by atoms with E-state index in [0.717, 1.165) is 42.7 Å². The summed E-state index contributed by atoms with van der Waals surface area (Å²) in [6.07, 6.45) is 0.956. The van der Waals surface area contributed by atoms with Gasteiger partial charge in [-0.15, -0.1) is 34.2 Å². The summed E-state index contributed by atoms with van der Waals surface area (Å²) in [5.74, 6) is 2.20. The van der Waals surface area contributed by atoms with Crippen LogP contribution in [-0.2, 0) is 20.1 Å². The first-order chi connectivity index (χ1) is 15.4. The molecule has 2 aromatic carbocycles. The van der Waals surface area contributed by atoms with Crippen LogP contribution < -0.4 is 10.2 Å². The van der Waals surface area contributed by atoms with Crippen LogP contribution in [0.1, 0.15) is 23.6 Å². The van der Waals surface area contributed by atoms with E-state index in [9.17, 15) is 4.39 Å². The van der Waals surface area contributed by atoms with E-state index in [1.165, 1.54) is 17.8 Å². The van der Waals surface area contributed by atoms with Gasteiger partial charge in [-0.2, -0.15) is 0 Å². The molecule has 0 atom stereocenters. The Bertz CT molecular complexity index is 1010. The van der Waals surface area contributed by atoms with Crippen molar-refractivity contribution in [1.29, 1.82) is 0 Å². The number of aromatic nitrogens is 3. The molecule has 0 aliphatic rings. The molecule has 0 saturated carbocycles. The molecule has 1 heterocycles. The van der Waals surface area contributed by atoms with E-state index in [-0.39, 0.29) is 29.8 Å². The first-order valence-corrected chi connectivity index (χ1v) is 10.8. The van der Waals surface area contributed by atoms with Gasteiger partial charge >= 0.3 is 0 Å². The second kappa shape index (κ2) is 13.1. The highest BCUT2D eigenvalue weighted by Gasteiger charge is 2.10. The number of rotatable bonds is 9. The third kappa shape index (κ3) is 7.99. The highest BCUT2D eigenvalue weighted by molar-refractivity contribution is 14.0. The normalized spacial score (nSPS) is 11.1. The molecular formula is C24H33FIN7. The third-order valence-electron chi connectivity index (χ3n) is 5.40. The summed E-state index contributed by atoms with van der Waals surface area (Å²) < 4.78 is 15.2. The number of benzene rings is 2. The van der Waals surface area contributed by atoms with E-state index in [1.807, 2.05) is 48.7 Å². The Hall–Kier alpha value is -2.69. The zero-order chi connectivity index (χ0) is 22.9. The summed E-state index contributed by atoms with van der Waals surface area (Å²) in [5, 5.41) is 11.8. The van der Waals surface area contributed by atoms with Crippen molar-refractivity contribution >= 4 is 35.6 Å². The van der Waals surface area contributed by atoms with Crippen molar-refractivity contribution in [2.75, 3.05) is 32.1 Å². The number of nitrogens with one attached hydrogen (secondary N) is 1. The van der Waals surface area contributed by atoms with Gasteiger partial charge in [0.2, 0.25) is 0 Å². The number of nitrogens with zero attached hydrogens (tertiary/aromatic N) is 6. The highest BCUT2D eigenvalue weighted by Crippen LogP contribution is 2.11. The van der Waals surface area contributed by atoms with Crippen LogP contribution in [0.25, 0.3) is 0 Å². The minimum absolute atomic E-state index is 0. The van der Waals surface area contributed by atoms with Crippen molar-refractivity contribution in [3.8, 4) is 0 Å². The molecule has 9 heteroatoms. The van der Waals surface area contributed by atoms with Gasteiger partial charge < -0.3 is 19.7 Å². The molecule has 0 aliphatic carbocycles. The number of hydrogen-bond acceptors (Lipinski definition) is 4. The second-order valence-electron chi connectivity index (χ2n) is 7.88. The molecule has 0 bridgehead atoms. The second-order valence-corrected chi connectivity index (χ2v) is 7.88. The Morgan fingerprint density at radius 2 is 1.76 bits per heavy atom. The first-order valence-electron chi connectivity index (χ1n) is 10.8. The maximum absolute atomic E-state index is 13.3. The molecule has 1 aromatic heterocycles. The summed E-state index contributed by atoms with van der Waals surface area (Å²) in [6.45, 7) is 4.67. The molecule has 33 heavy (non-hydrogen) atoms. The Kier molecular flexibility index (Phi) is 10.6. The number of hydrogen-bond donors (Lipinski definition) is 1. The Labute approximate surface area is 212 Å². The fourth-order valence-electron chi connectivity index (χ4n) is 3.31. The molecule has 0 radical (unpaired) electrons. The van der Waals surface area contributed by atoms with Gasteiger partial charge in [0.25, 0.3) is 0 Å². The largest absolute Gasteiger partial charge is 0.375 e. The van der Waals surface area contributed by atoms with Crippen LogP contribution in [0.3, 0.4) is 0 Å². The molecule has 0 unspecified atom stereocenters. The monoisotopic (exact) mass is 565 g/mol. The lowest BCUT2D eigenvalue weighted by molar-refractivity contribution is 0.472. The summed E-state index contributed by atoms with van der Waals surface area (Å²) >= 11 is 0. The lowest BCUT2D eigenvalue weighted by Crippen LogP contribution is -2.39. The van der Waals surface area contributed by atoms with E-state index < -0.39 is 0 Å². The van der Waals surface area contributed by atoms with Gasteiger partial charge in [-0.05, 0) is 43.2 Å². The lowest BCUT2D eigenvalue weighted by Gasteiger charge is -2.24. The number of anilines is 1. The van der Waals surface area contributed by atoms with E-state index >= 15 is 0 Å². The summed E-state index contributed by atoms with van der Waals surface area (Å²) in [5.41, 5.74) is 2.22. The molecule has 0 amide bonds. The molecule has 0 fully saturated rings. The minimum atomic E-state index is -0.233. The van der Waals surface area contributed by atoms with Crippen LogP contribution in [0, 0.1) is 12.7 Å². The van der Waals surface area contributed by atoms with E-state index in [0.29, 0.717) is 13.1 Å². The highest BCUT2D eigenvalue weighted by atomic mass is 127. The van der Waals surface area contributed by atoms with Crippen LogP contribution in [0.15, 0.2) is 59.6 Å². The molecule has 7 nitrogen and oxygen atoms in total. The van der Waals surface area contributed by atoms with Gasteiger partial charge in [-0.1, -0.05) is 30.3 Å². The molecule has 0 saturated heterocycles. The van der Waals surface area contributed by atoms with Gasteiger partial charge in [0.05, 0.1) is 0 Å². The Morgan fingerprint density at radius 3 is 2.39 bits per heavy atom. The maximum Gasteiger partial charge on any atom is 0.194 e. The van der Waals surface area contributed by atoms with Crippen LogP contribution in [0.5, 0.6) is 0 Å². The number of aryl methyl sites for hydroxylation is 1. The number of aliphatic imine (C=N–C) groups is 1. The van der Waals surface area contributed by atoms with Crippen molar-refractivity contribution in [2.24, 2.45) is 12.0 Å². The summed E-state index contributed by atoms with van der Waals surface area (Å²) in [6, 6.07) is 16.9. The summed E-state index contributed by atoms with van der Waals surface area (Å²) in [4.78, 5) is 9.06. The van der Waals surface area contributed by atoms with Crippen LogP contribution in [0.4, 0.5) is 10.1 Å². The maximum atomic E-state index is 13.3. The predicted molar refractivity (Wildman–Crippen MR) is 142 cm³/mol. The third-order valence-corrected chi connectivity index (χ3v) is 5.40. The molecule has 1 N–H and O–H groups in total. The van der Waals surface area contributed by atoms with Gasteiger partial charge in [0, 0.05) is 46.5 Å². The van der Waals surface area contributed by atoms with Gasteiger partial charge in [-0.25, -0.2) is 9.38 Å². The van der Waals surface area contributed by atoms with E-state index in [4.69, 9.17) is 4.99 Å². The fourth-order valence-corrected chi connectivity index (χ4v) is 3.31. The van der Waals surface area contributed by atoms with Crippen LogP contribution >= 0.6 is 24.0 Å². The van der Waals surface area contributed by atoms with Crippen molar-refractivity contribution in [3.63, 3.8) is 0 Å². The van der Waals surface area contributed by atoms with Crippen molar-refractivity contribution < 1.29 is 4.39 Å². The van der Waals surface area contributed by atoms with Gasteiger partial charge in [0.1, 0.15) is 18.2 Å². The van der Waals surface area contributed by atoms with Gasteiger partial charge in [-0.3, -0.25) is 0 Å². The fraction of sp³-hybridized carbons (Fsp3) is 0.375.